The highest BCUT2D eigenvalue weighted by atomic mass is 19.1. The van der Waals surface area contributed by atoms with Crippen molar-refractivity contribution < 1.29 is 9.13 Å². The summed E-state index contributed by atoms with van der Waals surface area (Å²) in [5.74, 6) is 4.94. The molecule has 0 heterocycles. The highest BCUT2D eigenvalue weighted by Crippen LogP contribution is 2.46. The minimum absolute atomic E-state index is 0.203. The third-order valence-electron chi connectivity index (χ3n) is 9.83. The lowest BCUT2D eigenvalue weighted by Crippen LogP contribution is -2.25. The molecule has 0 amide bonds. The molecule has 5 rings (SSSR count). The molecule has 1 nitrogen and oxygen atoms in total. The normalized spacial score (nSPS) is 31.7. The number of ether oxygens (including phenoxy) is 1. The van der Waals surface area contributed by atoms with Gasteiger partial charge >= 0.3 is 0 Å². The number of rotatable bonds is 6. The molecule has 3 aliphatic carbocycles. The smallest absolute Gasteiger partial charge is 0.165 e. The Labute approximate surface area is 212 Å². The molecule has 0 aliphatic heterocycles. The molecule has 35 heavy (non-hydrogen) atoms. The maximum absolute atomic E-state index is 14.3. The van der Waals surface area contributed by atoms with Crippen LogP contribution in [-0.4, -0.2) is 6.61 Å². The Balaban J connectivity index is 1.09. The summed E-state index contributed by atoms with van der Waals surface area (Å²) in [6.07, 6.45) is 16.1. The monoisotopic (exact) mass is 476 g/mol. The van der Waals surface area contributed by atoms with Gasteiger partial charge in [0, 0.05) is 0 Å². The molecule has 3 fully saturated rings. The zero-order valence-corrected chi connectivity index (χ0v) is 22.0. The van der Waals surface area contributed by atoms with E-state index in [4.69, 9.17) is 4.74 Å². The van der Waals surface area contributed by atoms with Crippen molar-refractivity contribution in [2.45, 2.75) is 109 Å². The third kappa shape index (κ3) is 5.95. The van der Waals surface area contributed by atoms with Crippen molar-refractivity contribution in [2.75, 3.05) is 6.61 Å². The lowest BCUT2D eigenvalue weighted by Gasteiger charge is -2.38. The van der Waals surface area contributed by atoms with Crippen LogP contribution in [0.5, 0.6) is 5.75 Å². The summed E-state index contributed by atoms with van der Waals surface area (Å²) in [4.78, 5) is 0. The van der Waals surface area contributed by atoms with Crippen LogP contribution < -0.4 is 4.74 Å². The molecule has 0 saturated heterocycles. The quantitative estimate of drug-likeness (QED) is 0.403. The van der Waals surface area contributed by atoms with Crippen LogP contribution in [0.3, 0.4) is 0 Å². The topological polar surface area (TPSA) is 9.23 Å². The van der Waals surface area contributed by atoms with Gasteiger partial charge in [0.2, 0.25) is 0 Å². The summed E-state index contributed by atoms with van der Waals surface area (Å²) >= 11 is 0. The summed E-state index contributed by atoms with van der Waals surface area (Å²) in [5, 5.41) is 0. The van der Waals surface area contributed by atoms with Gasteiger partial charge in [0.05, 0.1) is 6.61 Å². The second kappa shape index (κ2) is 11.5. The average Bonchev–Trinajstić information content (AvgIpc) is 2.91. The van der Waals surface area contributed by atoms with Gasteiger partial charge in [-0.25, -0.2) is 4.39 Å². The second-order valence-corrected chi connectivity index (χ2v) is 12.0. The van der Waals surface area contributed by atoms with Gasteiger partial charge in [0.15, 0.2) is 11.6 Å². The Morgan fingerprint density at radius 3 is 1.51 bits per heavy atom. The molecule has 2 heteroatoms. The maximum Gasteiger partial charge on any atom is 0.165 e. The zero-order valence-electron chi connectivity index (χ0n) is 22.0. The van der Waals surface area contributed by atoms with Gasteiger partial charge in [-0.2, -0.15) is 0 Å². The highest BCUT2D eigenvalue weighted by Gasteiger charge is 2.32. The van der Waals surface area contributed by atoms with Gasteiger partial charge in [0.1, 0.15) is 0 Å². The lowest BCUT2D eigenvalue weighted by atomic mass is 9.67. The third-order valence-corrected chi connectivity index (χ3v) is 9.83. The standard InChI is InChI=1S/C33H45FO/c1-3-35-33-21-20-31(22-32(33)34)30-18-16-29(17-19-30)28-14-12-27(13-15-28)26-10-8-25(9-11-26)24-6-4-23(2)5-7-24/h8-11,20-24,27-30H,3-7,12-19H2,1-2H3. The molecule has 0 bridgehead atoms. The molecule has 0 atom stereocenters. The van der Waals surface area contributed by atoms with Crippen molar-refractivity contribution in [3.8, 4) is 5.75 Å². The van der Waals surface area contributed by atoms with Crippen molar-refractivity contribution in [3.63, 3.8) is 0 Å². The molecular weight excluding hydrogens is 431 g/mol. The molecule has 0 radical (unpaired) electrons. The van der Waals surface area contributed by atoms with Crippen LogP contribution in [0, 0.1) is 23.6 Å². The van der Waals surface area contributed by atoms with E-state index in [2.05, 4.69) is 37.3 Å². The molecule has 0 unspecified atom stereocenters. The molecule has 190 valence electrons. The predicted molar refractivity (Wildman–Crippen MR) is 144 cm³/mol. The SMILES string of the molecule is CCOc1ccc(C2CCC(C3CCC(c4ccc(C5CCC(C)CC5)cc4)CC3)CC2)cc1F. The largest absolute Gasteiger partial charge is 0.491 e. The van der Waals surface area contributed by atoms with Gasteiger partial charge in [-0.05, 0) is 135 Å². The van der Waals surface area contributed by atoms with E-state index in [-0.39, 0.29) is 5.82 Å². The molecule has 0 aromatic heterocycles. The Morgan fingerprint density at radius 1 is 0.629 bits per heavy atom. The summed E-state index contributed by atoms with van der Waals surface area (Å²) < 4.78 is 19.7. The fraction of sp³-hybridized carbons (Fsp3) is 0.636. The van der Waals surface area contributed by atoms with E-state index in [0.717, 1.165) is 29.6 Å². The summed E-state index contributed by atoms with van der Waals surface area (Å²) in [6, 6.07) is 15.5. The zero-order chi connectivity index (χ0) is 24.2. The Hall–Kier alpha value is -1.83. The number of halogens is 1. The van der Waals surface area contributed by atoms with Crippen LogP contribution in [0.25, 0.3) is 0 Å². The fourth-order valence-electron chi connectivity index (χ4n) is 7.53. The van der Waals surface area contributed by atoms with Crippen LogP contribution >= 0.6 is 0 Å². The summed E-state index contributed by atoms with van der Waals surface area (Å²) in [6.45, 7) is 4.81. The Morgan fingerprint density at radius 2 is 1.06 bits per heavy atom. The molecular formula is C33H45FO. The minimum Gasteiger partial charge on any atom is -0.491 e. The van der Waals surface area contributed by atoms with E-state index in [0.29, 0.717) is 18.3 Å². The Bertz CT molecular complexity index is 926. The van der Waals surface area contributed by atoms with Crippen LogP contribution in [0.15, 0.2) is 42.5 Å². The molecule has 2 aromatic rings. The summed E-state index contributed by atoms with van der Waals surface area (Å²) in [5.41, 5.74) is 4.33. The van der Waals surface area contributed by atoms with Crippen molar-refractivity contribution in [2.24, 2.45) is 17.8 Å². The number of hydrogen-bond acceptors (Lipinski definition) is 1. The van der Waals surface area contributed by atoms with Crippen molar-refractivity contribution >= 4 is 0 Å². The van der Waals surface area contributed by atoms with Crippen molar-refractivity contribution in [1.82, 2.24) is 0 Å². The van der Waals surface area contributed by atoms with Gasteiger partial charge in [0.25, 0.3) is 0 Å². The molecule has 3 saturated carbocycles. The molecule has 3 aliphatic rings. The maximum atomic E-state index is 14.3. The van der Waals surface area contributed by atoms with E-state index in [1.54, 1.807) is 17.2 Å². The van der Waals surface area contributed by atoms with Gasteiger partial charge < -0.3 is 4.74 Å². The van der Waals surface area contributed by atoms with E-state index in [1.165, 1.54) is 82.6 Å². The lowest BCUT2D eigenvalue weighted by molar-refractivity contribution is 0.177. The van der Waals surface area contributed by atoms with Gasteiger partial charge in [-0.15, -0.1) is 0 Å². The van der Waals surface area contributed by atoms with Crippen molar-refractivity contribution in [1.29, 1.82) is 0 Å². The van der Waals surface area contributed by atoms with Gasteiger partial charge in [-0.3, -0.25) is 0 Å². The van der Waals surface area contributed by atoms with E-state index in [1.807, 2.05) is 13.0 Å². The van der Waals surface area contributed by atoms with E-state index >= 15 is 0 Å². The highest BCUT2D eigenvalue weighted by molar-refractivity contribution is 5.32. The second-order valence-electron chi connectivity index (χ2n) is 12.0. The van der Waals surface area contributed by atoms with Crippen LogP contribution in [0.1, 0.15) is 125 Å². The Kier molecular flexibility index (Phi) is 8.15. The number of hydrogen-bond donors (Lipinski definition) is 0. The predicted octanol–water partition coefficient (Wildman–Crippen LogP) is 9.77. The van der Waals surface area contributed by atoms with E-state index in [9.17, 15) is 4.39 Å². The molecule has 0 spiro atoms. The van der Waals surface area contributed by atoms with E-state index < -0.39 is 0 Å². The minimum atomic E-state index is -0.203. The van der Waals surface area contributed by atoms with Crippen LogP contribution in [-0.2, 0) is 0 Å². The first kappa shape index (κ1) is 24.8. The van der Waals surface area contributed by atoms with Crippen molar-refractivity contribution in [3.05, 3.63) is 65.0 Å². The first-order valence-electron chi connectivity index (χ1n) is 14.6. The van der Waals surface area contributed by atoms with Crippen LogP contribution in [0.4, 0.5) is 4.39 Å². The first-order valence-corrected chi connectivity index (χ1v) is 14.6. The molecule has 0 N–H and O–H groups in total. The first-order chi connectivity index (χ1) is 17.1. The average molecular weight is 477 g/mol. The van der Waals surface area contributed by atoms with Gasteiger partial charge in [-0.1, -0.05) is 50.1 Å². The van der Waals surface area contributed by atoms with Crippen LogP contribution in [0.2, 0.25) is 0 Å². The number of benzene rings is 2. The molecule has 2 aromatic carbocycles. The summed E-state index contributed by atoms with van der Waals surface area (Å²) in [7, 11) is 0. The fourth-order valence-corrected chi connectivity index (χ4v) is 7.53.